The topological polar surface area (TPSA) is 0 Å². The van der Waals surface area contributed by atoms with Gasteiger partial charge in [-0.25, -0.2) is 0 Å². The van der Waals surface area contributed by atoms with E-state index in [0.29, 0.717) is 5.92 Å². The molecule has 9 aromatic carbocycles. The quantitative estimate of drug-likeness (QED) is 0.147. The van der Waals surface area contributed by atoms with Gasteiger partial charge in [0, 0.05) is 0 Å². The number of hydrogen-bond donors (Lipinski definition) is 0. The lowest BCUT2D eigenvalue weighted by Crippen LogP contribution is -1.93. The summed E-state index contributed by atoms with van der Waals surface area (Å²) in [5, 5.41) is 5.09. The van der Waals surface area contributed by atoms with E-state index in [2.05, 4.69) is 214 Å². The second kappa shape index (κ2) is 13.9. The summed E-state index contributed by atoms with van der Waals surface area (Å²) in [6.07, 6.45) is 0. The van der Waals surface area contributed by atoms with E-state index in [1.807, 2.05) is 0 Å². The molecule has 0 saturated heterocycles. The van der Waals surface area contributed by atoms with Crippen molar-refractivity contribution in [1.82, 2.24) is 0 Å². The van der Waals surface area contributed by atoms with Crippen molar-refractivity contribution in [3.05, 3.63) is 206 Å². The van der Waals surface area contributed by atoms with Crippen LogP contribution in [0.4, 0.5) is 0 Å². The molecule has 0 fully saturated rings. The van der Waals surface area contributed by atoms with Crippen molar-refractivity contribution < 1.29 is 0 Å². The van der Waals surface area contributed by atoms with Gasteiger partial charge in [-0.2, -0.15) is 0 Å². The first-order chi connectivity index (χ1) is 26.1. The van der Waals surface area contributed by atoms with Crippen LogP contribution in [0.5, 0.6) is 0 Å². The number of benzene rings is 9. The van der Waals surface area contributed by atoms with Gasteiger partial charge in [0.05, 0.1) is 0 Å². The summed E-state index contributed by atoms with van der Waals surface area (Å²) >= 11 is 0. The van der Waals surface area contributed by atoms with Crippen LogP contribution in [0.1, 0.15) is 25.3 Å². The van der Waals surface area contributed by atoms with Crippen LogP contribution in [-0.4, -0.2) is 0 Å². The van der Waals surface area contributed by atoms with Crippen molar-refractivity contribution in [2.24, 2.45) is 0 Å². The molecule has 0 bridgehead atoms. The van der Waals surface area contributed by atoms with Crippen LogP contribution < -0.4 is 0 Å². The molecule has 0 aliphatic heterocycles. The molecule has 0 radical (unpaired) electrons. The Balaban J connectivity index is 1.22. The van der Waals surface area contributed by atoms with Gasteiger partial charge in [-0.1, -0.05) is 202 Å². The van der Waals surface area contributed by atoms with Gasteiger partial charge in [-0.3, -0.25) is 0 Å². The van der Waals surface area contributed by atoms with Gasteiger partial charge in [0.2, 0.25) is 0 Å². The third kappa shape index (κ3) is 6.13. The first kappa shape index (κ1) is 32.4. The molecule has 0 nitrogen and oxygen atoms in total. The van der Waals surface area contributed by atoms with E-state index in [4.69, 9.17) is 0 Å². The summed E-state index contributed by atoms with van der Waals surface area (Å²) in [5.41, 5.74) is 16.2. The van der Waals surface area contributed by atoms with Crippen LogP contribution in [0, 0.1) is 0 Å². The van der Waals surface area contributed by atoms with E-state index < -0.39 is 0 Å². The highest BCUT2D eigenvalue weighted by molar-refractivity contribution is 6.21. The van der Waals surface area contributed by atoms with Crippen molar-refractivity contribution in [2.75, 3.05) is 0 Å². The summed E-state index contributed by atoms with van der Waals surface area (Å²) in [7, 11) is 0. The zero-order valence-corrected chi connectivity index (χ0v) is 30.1. The SMILES string of the molecule is CC(C)c1cccc(-c2c3ccccc3c(-c3ccc(-c4ccccc4)c(-c4ccc(-c5cccc(-c6ccccc6)c5)cc4)c3)c3ccccc23)c1. The lowest BCUT2D eigenvalue weighted by atomic mass is 9.83. The fourth-order valence-corrected chi connectivity index (χ4v) is 7.96. The molecular formula is C53H40. The van der Waals surface area contributed by atoms with Crippen LogP contribution in [0.15, 0.2) is 200 Å². The predicted octanol–water partition coefficient (Wildman–Crippen LogP) is 15.1. The Bertz CT molecular complexity index is 2660. The first-order valence-corrected chi connectivity index (χ1v) is 18.6. The highest BCUT2D eigenvalue weighted by Gasteiger charge is 2.19. The molecular weight excluding hydrogens is 637 g/mol. The average molecular weight is 677 g/mol. The maximum atomic E-state index is 2.42. The van der Waals surface area contributed by atoms with E-state index >= 15 is 0 Å². The molecule has 0 heteroatoms. The van der Waals surface area contributed by atoms with Gasteiger partial charge in [-0.05, 0) is 112 Å². The summed E-state index contributed by atoms with van der Waals surface area (Å²) in [4.78, 5) is 0. The summed E-state index contributed by atoms with van der Waals surface area (Å²) in [6, 6.07) is 73.4. The summed E-state index contributed by atoms with van der Waals surface area (Å²) < 4.78 is 0. The van der Waals surface area contributed by atoms with E-state index in [1.165, 1.54) is 93.9 Å². The molecule has 0 unspecified atom stereocenters. The Hall–Kier alpha value is -6.50. The Labute approximate surface area is 312 Å². The Morgan fingerprint density at radius 1 is 0.264 bits per heavy atom. The molecule has 0 aliphatic carbocycles. The van der Waals surface area contributed by atoms with Gasteiger partial charge >= 0.3 is 0 Å². The standard InChI is InChI=1S/C53H40/c1-36(2)41-19-13-22-44(33-41)52-47-23-9-11-25-49(47)53(50-26-12-10-24-48(50)52)45-31-32-46(39-17-7-4-8-18-39)51(35-45)40-29-27-38(28-30-40)43-21-14-20-42(34-43)37-15-5-3-6-16-37/h3-36H,1-2H3. The van der Waals surface area contributed by atoms with Crippen LogP contribution in [0.25, 0.3) is 88.3 Å². The van der Waals surface area contributed by atoms with Gasteiger partial charge < -0.3 is 0 Å². The normalized spacial score (nSPS) is 11.4. The highest BCUT2D eigenvalue weighted by atomic mass is 14.2. The minimum atomic E-state index is 0.460. The Morgan fingerprint density at radius 3 is 1.23 bits per heavy atom. The molecule has 0 spiro atoms. The van der Waals surface area contributed by atoms with Gasteiger partial charge in [0.15, 0.2) is 0 Å². The average Bonchev–Trinajstić information content (AvgIpc) is 3.23. The Morgan fingerprint density at radius 2 is 0.660 bits per heavy atom. The smallest absolute Gasteiger partial charge is 0.00261 e. The monoisotopic (exact) mass is 676 g/mol. The van der Waals surface area contributed by atoms with E-state index in [0.717, 1.165) is 0 Å². The predicted molar refractivity (Wildman–Crippen MR) is 228 cm³/mol. The molecule has 252 valence electrons. The molecule has 53 heavy (non-hydrogen) atoms. The third-order valence-electron chi connectivity index (χ3n) is 10.7. The van der Waals surface area contributed by atoms with Crippen molar-refractivity contribution in [3.8, 4) is 66.8 Å². The van der Waals surface area contributed by atoms with Crippen molar-refractivity contribution in [3.63, 3.8) is 0 Å². The second-order valence-corrected chi connectivity index (χ2v) is 14.3. The van der Waals surface area contributed by atoms with E-state index in [9.17, 15) is 0 Å². The highest BCUT2D eigenvalue weighted by Crippen LogP contribution is 2.46. The number of rotatable bonds is 7. The maximum absolute atomic E-state index is 2.42. The molecule has 9 rings (SSSR count). The Kier molecular flexibility index (Phi) is 8.50. The molecule has 0 aromatic heterocycles. The number of fused-ring (bicyclic) bond motifs is 2. The third-order valence-corrected chi connectivity index (χ3v) is 10.7. The molecule has 0 aliphatic rings. The molecule has 0 heterocycles. The fraction of sp³-hybridized carbons (Fsp3) is 0.0566. The molecule has 0 N–H and O–H groups in total. The largest absolute Gasteiger partial charge is 0.0622 e. The van der Waals surface area contributed by atoms with Crippen LogP contribution in [-0.2, 0) is 0 Å². The van der Waals surface area contributed by atoms with E-state index in [-0.39, 0.29) is 0 Å². The van der Waals surface area contributed by atoms with Crippen LogP contribution >= 0.6 is 0 Å². The van der Waals surface area contributed by atoms with Crippen LogP contribution in [0.2, 0.25) is 0 Å². The van der Waals surface area contributed by atoms with Crippen molar-refractivity contribution in [2.45, 2.75) is 19.8 Å². The first-order valence-electron chi connectivity index (χ1n) is 18.6. The zero-order valence-electron chi connectivity index (χ0n) is 30.1. The van der Waals surface area contributed by atoms with Crippen molar-refractivity contribution in [1.29, 1.82) is 0 Å². The minimum absolute atomic E-state index is 0.460. The maximum Gasteiger partial charge on any atom is -0.00261 e. The zero-order chi connectivity index (χ0) is 35.7. The second-order valence-electron chi connectivity index (χ2n) is 14.3. The molecule has 0 saturated carbocycles. The van der Waals surface area contributed by atoms with E-state index in [1.54, 1.807) is 0 Å². The number of hydrogen-bond acceptors (Lipinski definition) is 0. The fourth-order valence-electron chi connectivity index (χ4n) is 7.96. The molecule has 0 amide bonds. The van der Waals surface area contributed by atoms with Gasteiger partial charge in [0.25, 0.3) is 0 Å². The molecule has 9 aromatic rings. The molecule has 0 atom stereocenters. The van der Waals surface area contributed by atoms with Gasteiger partial charge in [0.1, 0.15) is 0 Å². The summed E-state index contributed by atoms with van der Waals surface area (Å²) in [5.74, 6) is 0.460. The van der Waals surface area contributed by atoms with Crippen LogP contribution in [0.3, 0.4) is 0 Å². The lowest BCUT2D eigenvalue weighted by molar-refractivity contribution is 0.867. The minimum Gasteiger partial charge on any atom is -0.0622 e. The lowest BCUT2D eigenvalue weighted by Gasteiger charge is -2.20. The summed E-state index contributed by atoms with van der Waals surface area (Å²) in [6.45, 7) is 4.54. The van der Waals surface area contributed by atoms with Gasteiger partial charge in [-0.15, -0.1) is 0 Å². The van der Waals surface area contributed by atoms with Crippen molar-refractivity contribution >= 4 is 21.5 Å².